The summed E-state index contributed by atoms with van der Waals surface area (Å²) in [6, 6.07) is 6.39. The smallest absolute Gasteiger partial charge is 0.277 e. The molecule has 2 heterocycles. The van der Waals surface area contributed by atoms with Crippen LogP contribution in [0.3, 0.4) is 0 Å². The molecule has 0 spiro atoms. The minimum Gasteiger partial charge on any atom is -0.411 e. The number of morpholine rings is 1. The fourth-order valence-corrected chi connectivity index (χ4v) is 4.71. The summed E-state index contributed by atoms with van der Waals surface area (Å²) >= 11 is 1.12. The number of amides is 1. The van der Waals surface area contributed by atoms with Crippen LogP contribution in [0.1, 0.15) is 20.8 Å². The molecule has 1 saturated heterocycles. The lowest BCUT2D eigenvalue weighted by molar-refractivity contribution is -0.119. The highest BCUT2D eigenvalue weighted by molar-refractivity contribution is 7.99. The molecule has 11 heteroatoms. The van der Waals surface area contributed by atoms with Gasteiger partial charge in [-0.3, -0.25) is 4.79 Å². The van der Waals surface area contributed by atoms with Crippen LogP contribution in [0.25, 0.3) is 11.5 Å². The number of nitrogens with one attached hydrogen (secondary N) is 1. The first-order valence-electron chi connectivity index (χ1n) is 9.11. The second-order valence-corrected chi connectivity index (χ2v) is 10.4. The molecule has 1 N–H and O–H groups in total. The maximum atomic E-state index is 12.8. The van der Waals surface area contributed by atoms with Crippen molar-refractivity contribution in [3.8, 4) is 11.5 Å². The number of aromatic nitrogens is 2. The maximum Gasteiger partial charge on any atom is 0.277 e. The fraction of sp³-hybridized carbons (Fsp3) is 0.500. The molecular formula is C18H24N4O5S2. The van der Waals surface area contributed by atoms with E-state index in [2.05, 4.69) is 15.5 Å². The van der Waals surface area contributed by atoms with Gasteiger partial charge in [0, 0.05) is 24.2 Å². The molecule has 158 valence electrons. The fourth-order valence-electron chi connectivity index (χ4n) is 2.69. The quantitative estimate of drug-likeness (QED) is 0.676. The van der Waals surface area contributed by atoms with Gasteiger partial charge in [0.25, 0.3) is 5.22 Å². The molecular weight excluding hydrogens is 416 g/mol. The Hall–Kier alpha value is -1.95. The lowest BCUT2D eigenvalue weighted by atomic mass is 10.1. The molecule has 3 rings (SSSR count). The Bertz CT molecular complexity index is 963. The number of benzene rings is 1. The zero-order valence-electron chi connectivity index (χ0n) is 16.5. The van der Waals surface area contributed by atoms with Gasteiger partial charge in [-0.05, 0) is 39.0 Å². The van der Waals surface area contributed by atoms with Gasteiger partial charge in [-0.1, -0.05) is 17.8 Å². The molecule has 1 fully saturated rings. The molecule has 0 unspecified atom stereocenters. The van der Waals surface area contributed by atoms with E-state index in [1.54, 1.807) is 12.1 Å². The summed E-state index contributed by atoms with van der Waals surface area (Å²) in [4.78, 5) is 12.1. The molecule has 1 aromatic heterocycles. The largest absolute Gasteiger partial charge is 0.411 e. The van der Waals surface area contributed by atoms with Crippen molar-refractivity contribution in [2.45, 2.75) is 36.4 Å². The number of rotatable bonds is 6. The van der Waals surface area contributed by atoms with E-state index in [0.29, 0.717) is 31.9 Å². The molecule has 0 bridgehead atoms. The summed E-state index contributed by atoms with van der Waals surface area (Å²) < 4.78 is 37.9. The highest BCUT2D eigenvalue weighted by Crippen LogP contribution is 2.26. The molecule has 1 aliphatic heterocycles. The van der Waals surface area contributed by atoms with Gasteiger partial charge in [0.1, 0.15) is 0 Å². The average Bonchev–Trinajstić information content (AvgIpc) is 3.15. The van der Waals surface area contributed by atoms with Crippen LogP contribution >= 0.6 is 11.8 Å². The van der Waals surface area contributed by atoms with Crippen molar-refractivity contribution < 1.29 is 22.4 Å². The lowest BCUT2D eigenvalue weighted by Crippen LogP contribution is -2.41. The van der Waals surface area contributed by atoms with E-state index in [9.17, 15) is 13.2 Å². The number of hydrogen-bond donors (Lipinski definition) is 1. The van der Waals surface area contributed by atoms with Crippen molar-refractivity contribution >= 4 is 27.7 Å². The number of sulfonamides is 1. The van der Waals surface area contributed by atoms with E-state index in [4.69, 9.17) is 9.15 Å². The van der Waals surface area contributed by atoms with Crippen LogP contribution in [0, 0.1) is 0 Å². The van der Waals surface area contributed by atoms with Gasteiger partial charge in [0.05, 0.1) is 23.9 Å². The number of carbonyl (C=O) groups excluding carboxylic acids is 1. The molecule has 2 aromatic rings. The van der Waals surface area contributed by atoms with Crippen molar-refractivity contribution in [2.24, 2.45) is 0 Å². The number of thioether (sulfide) groups is 1. The van der Waals surface area contributed by atoms with E-state index >= 15 is 0 Å². The van der Waals surface area contributed by atoms with Gasteiger partial charge < -0.3 is 14.5 Å². The van der Waals surface area contributed by atoms with Crippen molar-refractivity contribution in [1.82, 2.24) is 19.8 Å². The van der Waals surface area contributed by atoms with Gasteiger partial charge in [-0.25, -0.2) is 8.42 Å². The van der Waals surface area contributed by atoms with Crippen LogP contribution in [0.4, 0.5) is 0 Å². The first-order valence-corrected chi connectivity index (χ1v) is 11.5. The van der Waals surface area contributed by atoms with E-state index in [0.717, 1.165) is 11.8 Å². The normalized spacial score (nSPS) is 16.0. The lowest BCUT2D eigenvalue weighted by Gasteiger charge is -2.26. The van der Waals surface area contributed by atoms with Crippen LogP contribution in [0.5, 0.6) is 0 Å². The first-order chi connectivity index (χ1) is 13.6. The second-order valence-electron chi connectivity index (χ2n) is 7.50. The molecule has 9 nitrogen and oxygen atoms in total. The third-order valence-electron chi connectivity index (χ3n) is 3.94. The zero-order valence-corrected chi connectivity index (χ0v) is 18.2. The van der Waals surface area contributed by atoms with Gasteiger partial charge in [0.2, 0.25) is 21.8 Å². The van der Waals surface area contributed by atoms with Crippen molar-refractivity contribution in [1.29, 1.82) is 0 Å². The molecule has 0 atom stereocenters. The summed E-state index contributed by atoms with van der Waals surface area (Å²) in [7, 11) is -3.62. The van der Waals surface area contributed by atoms with Gasteiger partial charge in [-0.2, -0.15) is 4.31 Å². The Morgan fingerprint density at radius 2 is 1.97 bits per heavy atom. The third kappa shape index (κ3) is 5.78. The number of carbonyl (C=O) groups is 1. The van der Waals surface area contributed by atoms with Gasteiger partial charge >= 0.3 is 0 Å². The Labute approximate surface area is 174 Å². The predicted molar refractivity (Wildman–Crippen MR) is 108 cm³/mol. The topological polar surface area (TPSA) is 115 Å². The van der Waals surface area contributed by atoms with Gasteiger partial charge in [0.15, 0.2) is 0 Å². The molecule has 0 radical (unpaired) electrons. The SMILES string of the molecule is CC(C)(C)NC(=O)CSc1nnc(-c2cccc(S(=O)(=O)N3CCOCC3)c2)o1. The first kappa shape index (κ1) is 21.8. The number of nitrogens with zero attached hydrogens (tertiary/aromatic N) is 3. The molecule has 0 saturated carbocycles. The van der Waals surface area contributed by atoms with E-state index < -0.39 is 10.0 Å². The van der Waals surface area contributed by atoms with Crippen LogP contribution in [0.2, 0.25) is 0 Å². The van der Waals surface area contributed by atoms with Crippen molar-refractivity contribution in [2.75, 3.05) is 32.1 Å². The van der Waals surface area contributed by atoms with Crippen molar-refractivity contribution in [3.63, 3.8) is 0 Å². The predicted octanol–water partition coefficient (Wildman–Crippen LogP) is 1.76. The van der Waals surface area contributed by atoms with Gasteiger partial charge in [-0.15, -0.1) is 10.2 Å². The van der Waals surface area contributed by atoms with Crippen LogP contribution < -0.4 is 5.32 Å². The van der Waals surface area contributed by atoms with Crippen LogP contribution in [0.15, 0.2) is 38.8 Å². The maximum absolute atomic E-state index is 12.8. The standard InChI is InChI=1S/C18H24N4O5S2/c1-18(2,3)19-15(23)12-28-17-21-20-16(27-17)13-5-4-6-14(11-13)29(24,25)22-7-9-26-10-8-22/h4-6,11H,7-10,12H2,1-3H3,(H,19,23). The summed E-state index contributed by atoms with van der Waals surface area (Å²) in [5, 5.41) is 11.0. The highest BCUT2D eigenvalue weighted by Gasteiger charge is 2.27. The Kier molecular flexibility index (Phi) is 6.62. The summed E-state index contributed by atoms with van der Waals surface area (Å²) in [5.74, 6) is 0.202. The third-order valence-corrected chi connectivity index (χ3v) is 6.65. The Morgan fingerprint density at radius 1 is 1.24 bits per heavy atom. The minimum absolute atomic E-state index is 0.138. The molecule has 1 aromatic carbocycles. The summed E-state index contributed by atoms with van der Waals surface area (Å²) in [5.41, 5.74) is 0.183. The second kappa shape index (κ2) is 8.82. The summed E-state index contributed by atoms with van der Waals surface area (Å²) in [6.07, 6.45) is 0. The molecule has 29 heavy (non-hydrogen) atoms. The highest BCUT2D eigenvalue weighted by atomic mass is 32.2. The summed E-state index contributed by atoms with van der Waals surface area (Å²) in [6.45, 7) is 7.11. The Balaban J connectivity index is 1.71. The Morgan fingerprint density at radius 3 is 2.66 bits per heavy atom. The molecule has 1 aliphatic rings. The van der Waals surface area contributed by atoms with Crippen LogP contribution in [-0.2, 0) is 19.6 Å². The average molecular weight is 441 g/mol. The van der Waals surface area contributed by atoms with E-state index in [-0.39, 0.29) is 33.2 Å². The minimum atomic E-state index is -3.62. The van der Waals surface area contributed by atoms with E-state index in [1.165, 1.54) is 16.4 Å². The van der Waals surface area contributed by atoms with Crippen molar-refractivity contribution in [3.05, 3.63) is 24.3 Å². The number of hydrogen-bond acceptors (Lipinski definition) is 8. The molecule has 1 amide bonds. The van der Waals surface area contributed by atoms with E-state index in [1.807, 2.05) is 20.8 Å². The molecule has 0 aliphatic carbocycles. The number of ether oxygens (including phenoxy) is 1. The zero-order chi connectivity index (χ0) is 21.1. The van der Waals surface area contributed by atoms with Crippen LogP contribution in [-0.4, -0.2) is 66.4 Å². The monoisotopic (exact) mass is 440 g/mol.